The molecule has 0 saturated carbocycles. The van der Waals surface area contributed by atoms with E-state index in [1.165, 1.54) is 9.87 Å². The van der Waals surface area contributed by atoms with Gasteiger partial charge in [-0.1, -0.05) is 54.6 Å². The van der Waals surface area contributed by atoms with Gasteiger partial charge >= 0.3 is 0 Å². The molecule has 158 valence electrons. The molecule has 0 radical (unpaired) electrons. The number of aromatic nitrogens is 1. The highest BCUT2D eigenvalue weighted by atomic mass is 32.2. The van der Waals surface area contributed by atoms with Gasteiger partial charge in [0, 0.05) is 32.4 Å². The minimum absolute atomic E-state index is 0.250. The third kappa shape index (κ3) is 3.94. The molecule has 4 rings (SSSR count). The number of fused-ring (bicyclic) bond motifs is 1. The molecule has 0 spiro atoms. The van der Waals surface area contributed by atoms with Crippen LogP contribution in [0, 0.1) is 6.92 Å². The first-order valence-corrected chi connectivity index (χ1v) is 11.5. The summed E-state index contributed by atoms with van der Waals surface area (Å²) in [5.41, 5.74) is 4.44. The van der Waals surface area contributed by atoms with Crippen LogP contribution in [0.5, 0.6) is 0 Å². The molecular formula is C23H27N3O3S. The van der Waals surface area contributed by atoms with Gasteiger partial charge < -0.3 is 9.67 Å². The van der Waals surface area contributed by atoms with Crippen LogP contribution in [0.3, 0.4) is 0 Å². The number of rotatable bonds is 6. The van der Waals surface area contributed by atoms with Crippen molar-refractivity contribution in [2.24, 2.45) is 7.05 Å². The number of hydrogen-bond donors (Lipinski definition) is 2. The molecule has 7 heteroatoms. The van der Waals surface area contributed by atoms with Gasteiger partial charge in [0.15, 0.2) is 0 Å². The Morgan fingerprint density at radius 3 is 2.47 bits per heavy atom. The number of aliphatic hydroxyl groups excluding tert-OH is 1. The molecule has 1 aliphatic rings. The van der Waals surface area contributed by atoms with Crippen molar-refractivity contribution in [2.75, 3.05) is 6.54 Å². The average Bonchev–Trinajstić information content (AvgIpc) is 3.07. The second kappa shape index (κ2) is 8.35. The number of nitrogens with one attached hydrogen (secondary N) is 1. The van der Waals surface area contributed by atoms with Gasteiger partial charge in [-0.05, 0) is 36.1 Å². The van der Waals surface area contributed by atoms with Gasteiger partial charge in [0.2, 0.25) is 10.0 Å². The molecule has 2 N–H and O–H groups in total. The van der Waals surface area contributed by atoms with Crippen LogP contribution in [-0.2, 0) is 36.6 Å². The highest BCUT2D eigenvalue weighted by Gasteiger charge is 2.32. The van der Waals surface area contributed by atoms with E-state index in [1.54, 1.807) is 24.6 Å². The topological polar surface area (TPSA) is 74.6 Å². The summed E-state index contributed by atoms with van der Waals surface area (Å²) in [7, 11) is -1.88. The van der Waals surface area contributed by atoms with Crippen molar-refractivity contribution >= 4 is 10.0 Å². The van der Waals surface area contributed by atoms with Crippen LogP contribution in [0.15, 0.2) is 65.6 Å². The van der Waals surface area contributed by atoms with Crippen molar-refractivity contribution in [3.05, 3.63) is 88.7 Å². The lowest BCUT2D eigenvalue weighted by atomic mass is 10.0. The van der Waals surface area contributed by atoms with E-state index in [4.69, 9.17) is 0 Å². The second-order valence-electron chi connectivity index (χ2n) is 7.70. The highest BCUT2D eigenvalue weighted by Crippen LogP contribution is 2.29. The summed E-state index contributed by atoms with van der Waals surface area (Å²) in [6, 6.07) is 19.3. The van der Waals surface area contributed by atoms with Crippen LogP contribution in [0.25, 0.3) is 0 Å². The molecule has 1 unspecified atom stereocenters. The van der Waals surface area contributed by atoms with Crippen molar-refractivity contribution in [1.29, 1.82) is 0 Å². The first-order chi connectivity index (χ1) is 14.4. The number of nitrogens with zero attached hydrogens (tertiary/aromatic N) is 2. The smallest absolute Gasteiger partial charge is 0.245 e. The lowest BCUT2D eigenvalue weighted by Gasteiger charge is -2.28. The van der Waals surface area contributed by atoms with Gasteiger partial charge in [-0.3, -0.25) is 5.32 Å². The zero-order chi connectivity index (χ0) is 21.3. The van der Waals surface area contributed by atoms with Crippen molar-refractivity contribution < 1.29 is 13.5 Å². The second-order valence-corrected chi connectivity index (χ2v) is 9.61. The standard InChI is InChI=1S/C23H27N3O3S/c1-17-22(30(28,29)26-13-12-19-10-6-7-11-20(19)16-26)14-21(25(17)2)23(27)24-15-18-8-4-3-5-9-18/h3-11,14,23-24,27H,12-13,15-16H2,1-2H3. The summed E-state index contributed by atoms with van der Waals surface area (Å²) in [6.45, 7) is 3.09. The average molecular weight is 426 g/mol. The Morgan fingerprint density at radius 2 is 1.73 bits per heavy atom. The third-order valence-corrected chi connectivity index (χ3v) is 7.82. The summed E-state index contributed by atoms with van der Waals surface area (Å²) in [4.78, 5) is 0.250. The lowest BCUT2D eigenvalue weighted by Crippen LogP contribution is -2.36. The Kier molecular flexibility index (Phi) is 5.79. The number of aliphatic hydroxyl groups is 1. The van der Waals surface area contributed by atoms with Gasteiger partial charge in [-0.2, -0.15) is 4.31 Å². The maximum absolute atomic E-state index is 13.4. The molecule has 2 heterocycles. The van der Waals surface area contributed by atoms with E-state index in [-0.39, 0.29) is 4.90 Å². The summed E-state index contributed by atoms with van der Waals surface area (Å²) in [5, 5.41) is 13.7. The van der Waals surface area contributed by atoms with E-state index >= 15 is 0 Å². The normalized spacial score (nSPS) is 15.7. The maximum Gasteiger partial charge on any atom is 0.245 e. The number of hydrogen-bond acceptors (Lipinski definition) is 4. The summed E-state index contributed by atoms with van der Waals surface area (Å²) in [5.74, 6) is 0. The molecule has 0 bridgehead atoms. The van der Waals surface area contributed by atoms with Crippen molar-refractivity contribution in [2.45, 2.75) is 37.6 Å². The SMILES string of the molecule is Cc1c(S(=O)(=O)N2CCc3ccccc3C2)cc(C(O)NCc2ccccc2)n1C. The minimum atomic E-state index is -3.66. The molecule has 30 heavy (non-hydrogen) atoms. The van der Waals surface area contributed by atoms with Gasteiger partial charge in [-0.25, -0.2) is 8.42 Å². The van der Waals surface area contributed by atoms with Gasteiger partial charge in [0.1, 0.15) is 11.1 Å². The fourth-order valence-electron chi connectivity index (χ4n) is 3.95. The van der Waals surface area contributed by atoms with E-state index in [1.807, 2.05) is 48.5 Å². The van der Waals surface area contributed by atoms with E-state index in [9.17, 15) is 13.5 Å². The molecule has 3 aromatic rings. The molecule has 1 aromatic heterocycles. The van der Waals surface area contributed by atoms with Crippen molar-refractivity contribution in [1.82, 2.24) is 14.2 Å². The van der Waals surface area contributed by atoms with E-state index in [2.05, 4.69) is 11.4 Å². The largest absolute Gasteiger partial charge is 0.373 e. The van der Waals surface area contributed by atoms with Crippen molar-refractivity contribution in [3.63, 3.8) is 0 Å². The van der Waals surface area contributed by atoms with Crippen LogP contribution in [0.1, 0.15) is 34.3 Å². The fraction of sp³-hybridized carbons (Fsp3) is 0.304. The van der Waals surface area contributed by atoms with Crippen molar-refractivity contribution in [3.8, 4) is 0 Å². The first kappa shape index (κ1) is 20.8. The third-order valence-electron chi connectivity index (χ3n) is 5.86. The summed E-state index contributed by atoms with van der Waals surface area (Å²) >= 11 is 0. The Hall–Kier alpha value is -2.45. The predicted octanol–water partition coefficient (Wildman–Crippen LogP) is 2.86. The first-order valence-electron chi connectivity index (χ1n) is 10.1. The van der Waals surface area contributed by atoms with E-state index in [0.717, 1.165) is 11.1 Å². The van der Waals surface area contributed by atoms with Crippen LogP contribution < -0.4 is 5.32 Å². The summed E-state index contributed by atoms with van der Waals surface area (Å²) < 4.78 is 30.1. The monoisotopic (exact) mass is 425 g/mol. The number of sulfonamides is 1. The Bertz CT molecular complexity index is 1140. The molecule has 0 saturated heterocycles. The molecule has 2 aromatic carbocycles. The van der Waals surface area contributed by atoms with Crippen LogP contribution >= 0.6 is 0 Å². The van der Waals surface area contributed by atoms with Gasteiger partial charge in [0.05, 0.1) is 5.69 Å². The van der Waals surface area contributed by atoms with E-state index < -0.39 is 16.3 Å². The van der Waals surface area contributed by atoms with Crippen LogP contribution in [0.2, 0.25) is 0 Å². The minimum Gasteiger partial charge on any atom is -0.373 e. The molecular weight excluding hydrogens is 398 g/mol. The fourth-order valence-corrected chi connectivity index (χ4v) is 5.65. The molecule has 0 fully saturated rings. The van der Waals surface area contributed by atoms with Crippen LogP contribution in [0.4, 0.5) is 0 Å². The molecule has 0 aliphatic carbocycles. The van der Waals surface area contributed by atoms with Gasteiger partial charge in [0.25, 0.3) is 0 Å². The zero-order valence-electron chi connectivity index (χ0n) is 17.2. The Morgan fingerprint density at radius 1 is 1.07 bits per heavy atom. The van der Waals surface area contributed by atoms with Crippen LogP contribution in [-0.4, -0.2) is 28.9 Å². The Labute approximate surface area is 177 Å². The molecule has 0 amide bonds. The van der Waals surface area contributed by atoms with Gasteiger partial charge in [-0.15, -0.1) is 0 Å². The maximum atomic E-state index is 13.4. The molecule has 1 aliphatic heterocycles. The zero-order valence-corrected chi connectivity index (χ0v) is 18.1. The van der Waals surface area contributed by atoms with E-state index in [0.29, 0.717) is 37.4 Å². The predicted molar refractivity (Wildman–Crippen MR) is 116 cm³/mol. The lowest BCUT2D eigenvalue weighted by molar-refractivity contribution is 0.129. The Balaban J connectivity index is 1.56. The molecule has 1 atom stereocenters. The highest BCUT2D eigenvalue weighted by molar-refractivity contribution is 7.89. The quantitative estimate of drug-likeness (QED) is 0.596. The number of benzene rings is 2. The molecule has 6 nitrogen and oxygen atoms in total. The summed E-state index contributed by atoms with van der Waals surface area (Å²) in [6.07, 6.45) is -0.269.